The molecule has 19 heavy (non-hydrogen) atoms. The van der Waals surface area contributed by atoms with E-state index in [0.29, 0.717) is 6.54 Å². The molecule has 0 saturated carbocycles. The summed E-state index contributed by atoms with van der Waals surface area (Å²) >= 11 is 0. The van der Waals surface area contributed by atoms with Gasteiger partial charge in [-0.3, -0.25) is 9.69 Å². The fourth-order valence-corrected chi connectivity index (χ4v) is 2.62. The highest BCUT2D eigenvalue weighted by Crippen LogP contribution is 2.24. The molecule has 1 atom stereocenters. The van der Waals surface area contributed by atoms with Gasteiger partial charge in [-0.05, 0) is 19.4 Å². The molecule has 1 aliphatic rings. The van der Waals surface area contributed by atoms with Crippen LogP contribution in [0.5, 0.6) is 0 Å². The second-order valence-electron chi connectivity index (χ2n) is 5.75. The molecule has 0 aliphatic carbocycles. The van der Waals surface area contributed by atoms with Crippen LogP contribution in [-0.2, 0) is 4.79 Å². The number of nitrogens with zero attached hydrogens (tertiary/aromatic N) is 2. The Morgan fingerprint density at radius 2 is 1.89 bits per heavy atom. The Kier molecular flexibility index (Phi) is 3.92. The van der Waals surface area contributed by atoms with Crippen LogP contribution in [0.4, 0.5) is 0 Å². The summed E-state index contributed by atoms with van der Waals surface area (Å²) in [7, 11) is 1.86. The number of likely N-dealkylation sites (N-methyl/N-ethyl adjacent to an activating group) is 1. The lowest BCUT2D eigenvalue weighted by Crippen LogP contribution is -2.62. The van der Waals surface area contributed by atoms with Crippen molar-refractivity contribution in [1.82, 2.24) is 9.80 Å². The molecule has 1 fully saturated rings. The number of piperazine rings is 1. The second-order valence-corrected chi connectivity index (χ2v) is 5.75. The lowest BCUT2D eigenvalue weighted by molar-refractivity contribution is -0.147. The van der Waals surface area contributed by atoms with Crippen LogP contribution in [0.1, 0.15) is 25.5 Å². The van der Waals surface area contributed by atoms with E-state index in [1.54, 1.807) is 4.90 Å². The maximum Gasteiger partial charge on any atom is 0.242 e. The molecule has 2 rings (SSSR count). The first-order valence-corrected chi connectivity index (χ1v) is 6.74. The Morgan fingerprint density at radius 1 is 1.26 bits per heavy atom. The fraction of sp³-hybridized carbons (Fsp3) is 0.533. The summed E-state index contributed by atoms with van der Waals surface area (Å²) in [4.78, 5) is 16.2. The lowest BCUT2D eigenvalue weighted by Gasteiger charge is -2.45. The van der Waals surface area contributed by atoms with Crippen LogP contribution >= 0.6 is 0 Å². The number of hydrogen-bond donors (Lipinski definition) is 1. The van der Waals surface area contributed by atoms with Gasteiger partial charge in [0.05, 0.1) is 5.54 Å². The molecule has 1 heterocycles. The van der Waals surface area contributed by atoms with Gasteiger partial charge in [0.25, 0.3) is 0 Å². The minimum Gasteiger partial charge on any atom is -0.343 e. The Balaban J connectivity index is 2.09. The van der Waals surface area contributed by atoms with E-state index in [0.717, 1.165) is 18.7 Å². The molecule has 0 spiro atoms. The van der Waals surface area contributed by atoms with Crippen LogP contribution < -0.4 is 5.73 Å². The van der Waals surface area contributed by atoms with E-state index in [-0.39, 0.29) is 11.9 Å². The lowest BCUT2D eigenvalue weighted by atomic mass is 9.96. The molecule has 0 aromatic heterocycles. The Hall–Kier alpha value is -1.39. The Labute approximate surface area is 115 Å². The molecule has 1 saturated heterocycles. The topological polar surface area (TPSA) is 49.6 Å². The Morgan fingerprint density at radius 3 is 2.53 bits per heavy atom. The molecule has 2 N–H and O–H groups in total. The van der Waals surface area contributed by atoms with Crippen molar-refractivity contribution in [1.29, 1.82) is 0 Å². The molecular formula is C15H23N3O. The smallest absolute Gasteiger partial charge is 0.242 e. The second kappa shape index (κ2) is 5.31. The van der Waals surface area contributed by atoms with E-state index < -0.39 is 5.54 Å². The maximum absolute atomic E-state index is 12.2. The van der Waals surface area contributed by atoms with Gasteiger partial charge >= 0.3 is 0 Å². The zero-order chi connectivity index (χ0) is 14.0. The highest BCUT2D eigenvalue weighted by Gasteiger charge is 2.40. The van der Waals surface area contributed by atoms with Crippen LogP contribution in [0, 0.1) is 0 Å². The Bertz CT molecular complexity index is 444. The van der Waals surface area contributed by atoms with Gasteiger partial charge in [-0.1, -0.05) is 30.3 Å². The van der Waals surface area contributed by atoms with Gasteiger partial charge < -0.3 is 10.6 Å². The summed E-state index contributed by atoms with van der Waals surface area (Å²) < 4.78 is 0. The summed E-state index contributed by atoms with van der Waals surface area (Å²) in [6.07, 6.45) is 0. The third-order valence-corrected chi connectivity index (χ3v) is 4.01. The summed E-state index contributed by atoms with van der Waals surface area (Å²) in [5, 5.41) is 0. The molecule has 0 radical (unpaired) electrons. The molecule has 4 heteroatoms. The van der Waals surface area contributed by atoms with Gasteiger partial charge in [0.1, 0.15) is 0 Å². The molecule has 1 aliphatic heterocycles. The average molecular weight is 261 g/mol. The minimum atomic E-state index is -0.473. The van der Waals surface area contributed by atoms with Crippen LogP contribution in [-0.4, -0.2) is 47.9 Å². The van der Waals surface area contributed by atoms with E-state index in [1.165, 1.54) is 0 Å². The number of rotatable bonds is 3. The maximum atomic E-state index is 12.2. The van der Waals surface area contributed by atoms with E-state index >= 15 is 0 Å². The predicted octanol–water partition coefficient (Wildman–Crippen LogP) is 1.24. The number of nitrogens with two attached hydrogens (primary N) is 1. The number of benzene rings is 1. The third-order valence-electron chi connectivity index (χ3n) is 4.01. The average Bonchev–Trinajstić information content (AvgIpc) is 2.41. The highest BCUT2D eigenvalue weighted by molar-refractivity contribution is 5.86. The van der Waals surface area contributed by atoms with Crippen LogP contribution in [0.3, 0.4) is 0 Å². The SMILES string of the molecule is CN1CCN(CC(N)c2ccccc2)C(C)(C)C1=O. The van der Waals surface area contributed by atoms with Crippen molar-refractivity contribution in [2.24, 2.45) is 5.73 Å². The van der Waals surface area contributed by atoms with Crippen molar-refractivity contribution in [2.45, 2.75) is 25.4 Å². The molecule has 1 unspecified atom stereocenters. The zero-order valence-electron chi connectivity index (χ0n) is 12.0. The zero-order valence-corrected chi connectivity index (χ0v) is 12.0. The third kappa shape index (κ3) is 2.80. The van der Waals surface area contributed by atoms with Gasteiger partial charge in [0.15, 0.2) is 0 Å². The molecule has 0 bridgehead atoms. The van der Waals surface area contributed by atoms with Crippen molar-refractivity contribution in [3.05, 3.63) is 35.9 Å². The standard InChI is InChI=1S/C15H23N3O/c1-15(2)14(19)17(3)9-10-18(15)11-13(16)12-7-5-4-6-8-12/h4-8,13H,9-11,16H2,1-3H3. The quantitative estimate of drug-likeness (QED) is 0.890. The molecule has 1 amide bonds. The summed E-state index contributed by atoms with van der Waals surface area (Å²) in [5.41, 5.74) is 6.90. The number of hydrogen-bond acceptors (Lipinski definition) is 3. The largest absolute Gasteiger partial charge is 0.343 e. The molecule has 4 nitrogen and oxygen atoms in total. The minimum absolute atomic E-state index is 0.0586. The van der Waals surface area contributed by atoms with E-state index in [2.05, 4.69) is 4.90 Å². The van der Waals surface area contributed by atoms with E-state index in [1.807, 2.05) is 51.2 Å². The van der Waals surface area contributed by atoms with Gasteiger partial charge in [0.2, 0.25) is 5.91 Å². The van der Waals surface area contributed by atoms with Gasteiger partial charge in [-0.15, -0.1) is 0 Å². The van der Waals surface area contributed by atoms with Crippen molar-refractivity contribution >= 4 is 5.91 Å². The summed E-state index contributed by atoms with van der Waals surface area (Å²) in [6, 6.07) is 9.99. The van der Waals surface area contributed by atoms with Gasteiger partial charge in [-0.25, -0.2) is 0 Å². The van der Waals surface area contributed by atoms with Crippen molar-refractivity contribution in [3.63, 3.8) is 0 Å². The first-order valence-electron chi connectivity index (χ1n) is 6.74. The normalized spacial score (nSPS) is 21.5. The fourth-order valence-electron chi connectivity index (χ4n) is 2.62. The monoisotopic (exact) mass is 261 g/mol. The first kappa shape index (κ1) is 14.0. The van der Waals surface area contributed by atoms with E-state index in [9.17, 15) is 4.79 Å². The number of carbonyl (C=O) groups is 1. The highest BCUT2D eigenvalue weighted by atomic mass is 16.2. The van der Waals surface area contributed by atoms with Gasteiger partial charge in [0, 0.05) is 32.7 Å². The first-order chi connectivity index (χ1) is 8.93. The summed E-state index contributed by atoms with van der Waals surface area (Å²) in [5.74, 6) is 0.166. The van der Waals surface area contributed by atoms with Crippen LogP contribution in [0.25, 0.3) is 0 Å². The van der Waals surface area contributed by atoms with Crippen molar-refractivity contribution in [2.75, 3.05) is 26.7 Å². The predicted molar refractivity (Wildman–Crippen MR) is 76.7 cm³/mol. The van der Waals surface area contributed by atoms with Crippen LogP contribution in [0.15, 0.2) is 30.3 Å². The molecule has 1 aromatic carbocycles. The summed E-state index contributed by atoms with van der Waals surface area (Å²) in [6.45, 7) is 6.29. The van der Waals surface area contributed by atoms with Crippen molar-refractivity contribution in [3.8, 4) is 0 Å². The molecular weight excluding hydrogens is 238 g/mol. The van der Waals surface area contributed by atoms with Crippen LogP contribution in [0.2, 0.25) is 0 Å². The number of carbonyl (C=O) groups excluding carboxylic acids is 1. The van der Waals surface area contributed by atoms with Gasteiger partial charge in [-0.2, -0.15) is 0 Å². The molecule has 104 valence electrons. The van der Waals surface area contributed by atoms with E-state index in [4.69, 9.17) is 5.73 Å². The van der Waals surface area contributed by atoms with Crippen molar-refractivity contribution < 1.29 is 4.79 Å². The molecule has 1 aromatic rings. The number of amides is 1.